The summed E-state index contributed by atoms with van der Waals surface area (Å²) in [6.07, 6.45) is 6.59. The SMILES string of the molecule is CCc1cccc2c(C(=O)COC(=O)c3ccc[nH+]c3N3CCCC3)c[nH]c12. The Balaban J connectivity index is 1.49. The highest BCUT2D eigenvalue weighted by atomic mass is 16.5. The first-order valence-corrected chi connectivity index (χ1v) is 9.74. The number of anilines is 1. The van der Waals surface area contributed by atoms with Crippen molar-refractivity contribution >= 4 is 28.5 Å². The molecule has 3 aromatic rings. The monoisotopic (exact) mass is 378 g/mol. The van der Waals surface area contributed by atoms with E-state index in [1.54, 1.807) is 24.5 Å². The fourth-order valence-corrected chi connectivity index (χ4v) is 3.82. The van der Waals surface area contributed by atoms with Crippen LogP contribution in [0.4, 0.5) is 5.82 Å². The first-order valence-electron chi connectivity index (χ1n) is 9.74. The summed E-state index contributed by atoms with van der Waals surface area (Å²) in [5.41, 5.74) is 3.14. The lowest BCUT2D eigenvalue weighted by Gasteiger charge is -2.12. The number of nitrogens with zero attached hydrogens (tertiary/aromatic N) is 1. The van der Waals surface area contributed by atoms with E-state index in [4.69, 9.17) is 4.74 Å². The molecule has 0 radical (unpaired) electrons. The molecule has 1 fully saturated rings. The van der Waals surface area contributed by atoms with Crippen molar-refractivity contribution in [2.24, 2.45) is 0 Å². The molecular weight excluding hydrogens is 354 g/mol. The van der Waals surface area contributed by atoms with E-state index >= 15 is 0 Å². The average Bonchev–Trinajstić information content (AvgIpc) is 3.41. The zero-order chi connectivity index (χ0) is 19.5. The second-order valence-corrected chi connectivity index (χ2v) is 7.02. The van der Waals surface area contributed by atoms with Gasteiger partial charge in [0.2, 0.25) is 5.78 Å². The van der Waals surface area contributed by atoms with Crippen molar-refractivity contribution in [1.29, 1.82) is 0 Å². The molecule has 6 nitrogen and oxygen atoms in total. The number of carbonyl (C=O) groups excluding carboxylic acids is 2. The van der Waals surface area contributed by atoms with Crippen LogP contribution in [0.25, 0.3) is 10.9 Å². The van der Waals surface area contributed by atoms with Gasteiger partial charge in [-0.1, -0.05) is 25.1 Å². The standard InChI is InChI=1S/C22H23N3O3/c1-2-15-7-5-8-16-18(13-24-20(15)16)19(26)14-28-22(27)17-9-6-10-23-21(17)25-11-3-4-12-25/h5-10,13,24H,2-4,11-12,14H2,1H3/p+1. The molecule has 4 rings (SSSR count). The van der Waals surface area contributed by atoms with Crippen LogP contribution in [0.3, 0.4) is 0 Å². The summed E-state index contributed by atoms with van der Waals surface area (Å²) < 4.78 is 5.37. The van der Waals surface area contributed by atoms with E-state index in [2.05, 4.69) is 21.8 Å². The van der Waals surface area contributed by atoms with Gasteiger partial charge in [-0.15, -0.1) is 0 Å². The third-order valence-electron chi connectivity index (χ3n) is 5.29. The largest absolute Gasteiger partial charge is 0.453 e. The molecule has 2 N–H and O–H groups in total. The Morgan fingerprint density at radius 2 is 1.96 bits per heavy atom. The van der Waals surface area contributed by atoms with E-state index in [9.17, 15) is 9.59 Å². The number of hydrogen-bond donors (Lipinski definition) is 1. The van der Waals surface area contributed by atoms with Gasteiger partial charge in [0.05, 0.1) is 19.3 Å². The minimum Gasteiger partial charge on any atom is -0.453 e. The quantitative estimate of drug-likeness (QED) is 0.528. The van der Waals surface area contributed by atoms with E-state index in [0.29, 0.717) is 11.1 Å². The molecule has 2 aromatic heterocycles. The Morgan fingerprint density at radius 1 is 1.14 bits per heavy atom. The molecule has 144 valence electrons. The predicted octanol–water partition coefficient (Wildman–Crippen LogP) is 3.18. The second kappa shape index (κ2) is 7.84. The molecular formula is C22H24N3O3+. The van der Waals surface area contributed by atoms with Crippen LogP contribution in [-0.2, 0) is 11.2 Å². The van der Waals surface area contributed by atoms with Crippen LogP contribution in [0.2, 0.25) is 0 Å². The molecule has 0 bridgehead atoms. The molecule has 0 aliphatic carbocycles. The predicted molar refractivity (Wildman–Crippen MR) is 107 cm³/mol. The lowest BCUT2D eigenvalue weighted by atomic mass is 10.1. The molecule has 0 saturated carbocycles. The number of esters is 1. The summed E-state index contributed by atoms with van der Waals surface area (Å²) in [7, 11) is 0. The Kier molecular flexibility index (Phi) is 5.10. The van der Waals surface area contributed by atoms with E-state index < -0.39 is 5.97 Å². The van der Waals surface area contributed by atoms with Gasteiger partial charge < -0.3 is 9.72 Å². The molecule has 1 aliphatic rings. The molecule has 1 saturated heterocycles. The second-order valence-electron chi connectivity index (χ2n) is 7.02. The van der Waals surface area contributed by atoms with Gasteiger partial charge in [0.25, 0.3) is 5.82 Å². The average molecular weight is 378 g/mol. The number of carbonyl (C=O) groups is 2. The number of aromatic nitrogens is 2. The van der Waals surface area contributed by atoms with Crippen molar-refractivity contribution in [3.63, 3.8) is 0 Å². The zero-order valence-electron chi connectivity index (χ0n) is 16.0. The highest BCUT2D eigenvalue weighted by Crippen LogP contribution is 2.23. The van der Waals surface area contributed by atoms with Gasteiger partial charge in [0, 0.05) is 22.7 Å². The minimum absolute atomic E-state index is 0.213. The Hall–Kier alpha value is -3.15. The van der Waals surface area contributed by atoms with Crippen molar-refractivity contribution in [3.05, 3.63) is 59.4 Å². The van der Waals surface area contributed by atoms with Gasteiger partial charge >= 0.3 is 5.97 Å². The number of ether oxygens (including phenoxy) is 1. The lowest BCUT2D eigenvalue weighted by Crippen LogP contribution is -2.29. The number of fused-ring (bicyclic) bond motifs is 1. The summed E-state index contributed by atoms with van der Waals surface area (Å²) in [6.45, 7) is 3.62. The molecule has 0 spiro atoms. The zero-order valence-corrected chi connectivity index (χ0v) is 16.0. The summed E-state index contributed by atoms with van der Waals surface area (Å²) in [5, 5.41) is 0.867. The first-order chi connectivity index (χ1) is 13.7. The number of pyridine rings is 1. The number of aromatic amines is 2. The first kappa shape index (κ1) is 18.2. The van der Waals surface area contributed by atoms with Gasteiger partial charge in [0.1, 0.15) is 5.56 Å². The number of hydrogen-bond acceptors (Lipinski definition) is 4. The number of H-pyrrole nitrogens is 2. The van der Waals surface area contributed by atoms with Crippen LogP contribution in [-0.4, -0.2) is 36.4 Å². The van der Waals surface area contributed by atoms with Crippen molar-refractivity contribution < 1.29 is 19.3 Å². The fourth-order valence-electron chi connectivity index (χ4n) is 3.82. The maximum atomic E-state index is 12.7. The number of para-hydroxylation sites is 1. The van der Waals surface area contributed by atoms with Crippen LogP contribution >= 0.6 is 0 Å². The van der Waals surface area contributed by atoms with Crippen molar-refractivity contribution in [1.82, 2.24) is 4.98 Å². The van der Waals surface area contributed by atoms with Crippen LogP contribution in [0.1, 0.15) is 46.0 Å². The van der Waals surface area contributed by atoms with Crippen molar-refractivity contribution in [3.8, 4) is 0 Å². The van der Waals surface area contributed by atoms with Gasteiger partial charge in [-0.25, -0.2) is 9.78 Å². The summed E-state index contributed by atoms with van der Waals surface area (Å²) >= 11 is 0. The number of rotatable bonds is 6. The third-order valence-corrected chi connectivity index (χ3v) is 5.29. The van der Waals surface area contributed by atoms with Gasteiger partial charge in [0.15, 0.2) is 6.61 Å². The lowest BCUT2D eigenvalue weighted by molar-refractivity contribution is -0.364. The summed E-state index contributed by atoms with van der Waals surface area (Å²) in [5.74, 6) is 0.0637. The molecule has 0 atom stereocenters. The maximum Gasteiger partial charge on any atom is 0.346 e. The van der Waals surface area contributed by atoms with Crippen molar-refractivity contribution in [2.75, 3.05) is 24.6 Å². The van der Waals surface area contributed by atoms with Crippen molar-refractivity contribution in [2.45, 2.75) is 26.2 Å². The van der Waals surface area contributed by atoms with E-state index in [-0.39, 0.29) is 12.4 Å². The summed E-state index contributed by atoms with van der Waals surface area (Å²) in [4.78, 5) is 33.8. The van der Waals surface area contributed by atoms with Gasteiger partial charge in [-0.3, -0.25) is 9.69 Å². The molecule has 0 unspecified atom stereocenters. The normalized spacial score (nSPS) is 13.8. The highest BCUT2D eigenvalue weighted by Gasteiger charge is 2.28. The maximum absolute atomic E-state index is 12.7. The molecule has 28 heavy (non-hydrogen) atoms. The fraction of sp³-hybridized carbons (Fsp3) is 0.318. The number of benzene rings is 1. The molecule has 1 aromatic carbocycles. The number of ketones is 1. The van der Waals surface area contributed by atoms with E-state index in [1.807, 2.05) is 18.2 Å². The Bertz CT molecular complexity index is 1020. The molecule has 6 heteroatoms. The number of aryl methyl sites for hydroxylation is 1. The number of nitrogens with one attached hydrogen (secondary N) is 2. The van der Waals surface area contributed by atoms with E-state index in [1.165, 1.54) is 0 Å². The number of Topliss-reactive ketones (excluding diaryl/α,β-unsaturated/α-hetero) is 1. The topological polar surface area (TPSA) is 76.5 Å². The molecule has 1 aliphatic heterocycles. The Labute approximate surface area is 163 Å². The Morgan fingerprint density at radius 3 is 2.75 bits per heavy atom. The third kappa shape index (κ3) is 3.38. The van der Waals surface area contributed by atoms with Crippen LogP contribution < -0.4 is 9.88 Å². The smallest absolute Gasteiger partial charge is 0.346 e. The summed E-state index contributed by atoms with van der Waals surface area (Å²) in [6, 6.07) is 9.40. The van der Waals surface area contributed by atoms with Crippen LogP contribution in [0, 0.1) is 0 Å². The van der Waals surface area contributed by atoms with Gasteiger partial charge in [-0.2, -0.15) is 0 Å². The minimum atomic E-state index is -0.485. The molecule has 0 amide bonds. The van der Waals surface area contributed by atoms with Gasteiger partial charge in [-0.05, 0) is 37.0 Å². The van der Waals surface area contributed by atoms with Crippen LogP contribution in [0.15, 0.2) is 42.7 Å². The van der Waals surface area contributed by atoms with E-state index in [0.717, 1.165) is 54.6 Å². The van der Waals surface area contributed by atoms with Crippen LogP contribution in [0.5, 0.6) is 0 Å². The molecule has 3 heterocycles. The highest BCUT2D eigenvalue weighted by molar-refractivity contribution is 6.09.